The fraction of sp³-hybridized carbons (Fsp3) is 0.0526. The minimum absolute atomic E-state index is 0.103. The van der Waals surface area contributed by atoms with Gasteiger partial charge in [0.25, 0.3) is 0 Å². The highest BCUT2D eigenvalue weighted by Crippen LogP contribution is 2.19. The number of hydrogen-bond acceptors (Lipinski definition) is 3. The molecular formula is C19H14ClNO2. The van der Waals surface area contributed by atoms with Crippen LogP contribution in [-0.4, -0.2) is 11.0 Å². The maximum atomic E-state index is 11.9. The minimum atomic E-state index is -0.419. The quantitative estimate of drug-likeness (QED) is 0.399. The summed E-state index contributed by atoms with van der Waals surface area (Å²) in [5.41, 5.74) is 1.65. The Morgan fingerprint density at radius 2 is 1.91 bits per heavy atom. The molecule has 1 aromatic heterocycles. The van der Waals surface area contributed by atoms with E-state index >= 15 is 0 Å². The zero-order valence-electron chi connectivity index (χ0n) is 12.3. The zero-order chi connectivity index (χ0) is 16.1. The standard InChI is InChI=1S/C19H14ClNO2/c20-19-16(8-4-12-21-19)13-23-18(22)11-10-15-7-3-6-14-5-1-2-9-17(14)15/h1-12H,13H2/b11-10+. The first-order valence-corrected chi connectivity index (χ1v) is 7.54. The van der Waals surface area contributed by atoms with Crippen LogP contribution in [-0.2, 0) is 16.1 Å². The molecule has 0 unspecified atom stereocenters. The summed E-state index contributed by atoms with van der Waals surface area (Å²) in [5, 5.41) is 2.57. The number of pyridine rings is 1. The number of nitrogens with zero attached hydrogens (tertiary/aromatic N) is 1. The molecule has 0 saturated heterocycles. The van der Waals surface area contributed by atoms with Crippen molar-refractivity contribution in [1.29, 1.82) is 0 Å². The molecule has 1 heterocycles. The molecule has 0 aliphatic rings. The summed E-state index contributed by atoms with van der Waals surface area (Å²) in [7, 11) is 0. The van der Waals surface area contributed by atoms with Gasteiger partial charge in [-0.1, -0.05) is 60.1 Å². The van der Waals surface area contributed by atoms with Crippen LogP contribution in [0.25, 0.3) is 16.8 Å². The third-order valence-corrected chi connectivity index (χ3v) is 3.77. The lowest BCUT2D eigenvalue weighted by Gasteiger charge is -2.04. The van der Waals surface area contributed by atoms with Crippen molar-refractivity contribution in [1.82, 2.24) is 4.98 Å². The van der Waals surface area contributed by atoms with Gasteiger partial charge in [-0.05, 0) is 28.5 Å². The van der Waals surface area contributed by atoms with Crippen molar-refractivity contribution in [2.45, 2.75) is 6.61 Å². The summed E-state index contributed by atoms with van der Waals surface area (Å²) in [6.45, 7) is 0.103. The Morgan fingerprint density at radius 1 is 1.09 bits per heavy atom. The predicted molar refractivity (Wildman–Crippen MR) is 92.0 cm³/mol. The summed E-state index contributed by atoms with van der Waals surface area (Å²) in [4.78, 5) is 15.8. The Bertz CT molecular complexity index is 869. The number of ether oxygens (including phenoxy) is 1. The highest BCUT2D eigenvalue weighted by atomic mass is 35.5. The third-order valence-electron chi connectivity index (χ3n) is 3.43. The van der Waals surface area contributed by atoms with Crippen LogP contribution in [0.2, 0.25) is 5.15 Å². The highest BCUT2D eigenvalue weighted by molar-refractivity contribution is 6.30. The first kappa shape index (κ1) is 15.3. The lowest BCUT2D eigenvalue weighted by atomic mass is 10.0. The van der Waals surface area contributed by atoms with Crippen molar-refractivity contribution < 1.29 is 9.53 Å². The second-order valence-corrected chi connectivity index (χ2v) is 5.32. The van der Waals surface area contributed by atoms with Crippen molar-refractivity contribution in [3.63, 3.8) is 0 Å². The summed E-state index contributed by atoms with van der Waals surface area (Å²) in [6.07, 6.45) is 4.77. The summed E-state index contributed by atoms with van der Waals surface area (Å²) in [5.74, 6) is -0.419. The van der Waals surface area contributed by atoms with Crippen LogP contribution in [0.4, 0.5) is 0 Å². The van der Waals surface area contributed by atoms with Gasteiger partial charge in [0.05, 0.1) is 0 Å². The number of carbonyl (C=O) groups is 1. The molecule has 0 atom stereocenters. The van der Waals surface area contributed by atoms with Crippen LogP contribution in [0.1, 0.15) is 11.1 Å². The van der Waals surface area contributed by atoms with E-state index in [-0.39, 0.29) is 6.61 Å². The Labute approximate surface area is 139 Å². The lowest BCUT2D eigenvalue weighted by Crippen LogP contribution is -2.01. The average Bonchev–Trinajstić information content (AvgIpc) is 2.59. The van der Waals surface area contributed by atoms with Crippen molar-refractivity contribution in [3.8, 4) is 0 Å². The number of hydrogen-bond donors (Lipinski definition) is 0. The maximum absolute atomic E-state index is 11.9. The van der Waals surface area contributed by atoms with E-state index in [0.29, 0.717) is 10.7 Å². The second kappa shape index (κ2) is 7.07. The van der Waals surface area contributed by atoms with Gasteiger partial charge in [-0.25, -0.2) is 9.78 Å². The summed E-state index contributed by atoms with van der Waals surface area (Å²) in [6, 6.07) is 17.5. The molecule has 2 aromatic carbocycles. The van der Waals surface area contributed by atoms with Gasteiger partial charge >= 0.3 is 5.97 Å². The van der Waals surface area contributed by atoms with E-state index in [1.54, 1.807) is 24.4 Å². The van der Waals surface area contributed by atoms with E-state index in [2.05, 4.69) is 4.98 Å². The fourth-order valence-electron chi connectivity index (χ4n) is 2.28. The molecule has 0 radical (unpaired) electrons. The van der Waals surface area contributed by atoms with Crippen molar-refractivity contribution in [2.75, 3.05) is 0 Å². The van der Waals surface area contributed by atoms with Crippen molar-refractivity contribution in [2.24, 2.45) is 0 Å². The molecule has 3 aromatic rings. The number of esters is 1. The van der Waals surface area contributed by atoms with Gasteiger partial charge in [-0.3, -0.25) is 0 Å². The van der Waals surface area contributed by atoms with Gasteiger partial charge in [0.15, 0.2) is 0 Å². The zero-order valence-corrected chi connectivity index (χ0v) is 13.0. The number of carbonyl (C=O) groups excluding carboxylic acids is 1. The topological polar surface area (TPSA) is 39.2 Å². The minimum Gasteiger partial charge on any atom is -0.458 e. The number of halogens is 1. The van der Waals surface area contributed by atoms with Crippen LogP contribution < -0.4 is 0 Å². The first-order valence-electron chi connectivity index (χ1n) is 7.16. The monoisotopic (exact) mass is 323 g/mol. The molecule has 0 aliphatic heterocycles. The van der Waals surface area contributed by atoms with E-state index in [9.17, 15) is 4.79 Å². The Kier molecular flexibility index (Phi) is 4.69. The van der Waals surface area contributed by atoms with E-state index in [4.69, 9.17) is 16.3 Å². The van der Waals surface area contributed by atoms with Crippen molar-refractivity contribution in [3.05, 3.63) is 83.2 Å². The number of aromatic nitrogens is 1. The van der Waals surface area contributed by atoms with Crippen LogP contribution in [0, 0.1) is 0 Å². The lowest BCUT2D eigenvalue weighted by molar-refractivity contribution is -0.138. The van der Waals surface area contributed by atoms with E-state index < -0.39 is 5.97 Å². The van der Waals surface area contributed by atoms with Crippen LogP contribution in [0.5, 0.6) is 0 Å². The van der Waals surface area contributed by atoms with Gasteiger partial charge in [-0.15, -0.1) is 0 Å². The fourth-order valence-corrected chi connectivity index (χ4v) is 2.45. The molecule has 114 valence electrons. The van der Waals surface area contributed by atoms with E-state index in [0.717, 1.165) is 16.3 Å². The first-order chi connectivity index (χ1) is 11.2. The third kappa shape index (κ3) is 3.76. The van der Waals surface area contributed by atoms with Crippen molar-refractivity contribution >= 4 is 34.4 Å². The number of fused-ring (bicyclic) bond motifs is 1. The molecule has 0 aliphatic carbocycles. The SMILES string of the molecule is O=C(/C=C/c1cccc2ccccc12)OCc1cccnc1Cl. The summed E-state index contributed by atoms with van der Waals surface area (Å²) < 4.78 is 5.19. The molecule has 3 rings (SSSR count). The van der Waals surface area contributed by atoms with Crippen LogP contribution in [0.15, 0.2) is 66.9 Å². The highest BCUT2D eigenvalue weighted by Gasteiger charge is 2.04. The summed E-state index contributed by atoms with van der Waals surface area (Å²) >= 11 is 5.93. The predicted octanol–water partition coefficient (Wildman–Crippen LogP) is 4.64. The van der Waals surface area contributed by atoms with Gasteiger partial charge < -0.3 is 4.74 Å². The molecule has 3 nitrogen and oxygen atoms in total. The molecular weight excluding hydrogens is 310 g/mol. The Morgan fingerprint density at radius 3 is 2.78 bits per heavy atom. The van der Waals surface area contributed by atoms with Crippen LogP contribution >= 0.6 is 11.6 Å². The number of benzene rings is 2. The Hall–Kier alpha value is -2.65. The smallest absolute Gasteiger partial charge is 0.331 e. The van der Waals surface area contributed by atoms with Gasteiger partial charge in [0, 0.05) is 17.8 Å². The molecule has 0 bridgehead atoms. The molecule has 0 amide bonds. The largest absolute Gasteiger partial charge is 0.458 e. The van der Waals surface area contributed by atoms with E-state index in [1.165, 1.54) is 6.08 Å². The maximum Gasteiger partial charge on any atom is 0.331 e. The van der Waals surface area contributed by atoms with Gasteiger partial charge in [0.2, 0.25) is 0 Å². The van der Waals surface area contributed by atoms with Gasteiger partial charge in [0.1, 0.15) is 11.8 Å². The second-order valence-electron chi connectivity index (χ2n) is 4.96. The van der Waals surface area contributed by atoms with Gasteiger partial charge in [-0.2, -0.15) is 0 Å². The number of rotatable bonds is 4. The molecule has 0 saturated carbocycles. The average molecular weight is 324 g/mol. The Balaban J connectivity index is 1.70. The molecule has 23 heavy (non-hydrogen) atoms. The normalized spacial score (nSPS) is 11.0. The molecule has 4 heteroatoms. The van der Waals surface area contributed by atoms with Crippen LogP contribution in [0.3, 0.4) is 0 Å². The van der Waals surface area contributed by atoms with E-state index in [1.807, 2.05) is 42.5 Å². The molecule has 0 fully saturated rings. The molecule has 0 N–H and O–H groups in total. The molecule has 0 spiro atoms.